The molecule has 0 aromatic heterocycles. The normalized spacial score (nSPS) is 12.1. The Balaban J connectivity index is 0. The molecule has 112 valence electrons. The Morgan fingerprint density at radius 2 is 1.79 bits per heavy atom. The van der Waals surface area contributed by atoms with Gasteiger partial charge in [0.1, 0.15) is 0 Å². The Bertz CT molecular complexity index is 414. The lowest BCUT2D eigenvalue weighted by Crippen LogP contribution is -2.19. The van der Waals surface area contributed by atoms with Gasteiger partial charge in [0.05, 0.1) is 23.0 Å². The van der Waals surface area contributed by atoms with Gasteiger partial charge < -0.3 is 21.9 Å². The van der Waals surface area contributed by atoms with Gasteiger partial charge in [-0.25, -0.2) is 0 Å². The first-order chi connectivity index (χ1) is 7.71. The van der Waals surface area contributed by atoms with Crippen LogP contribution in [0.4, 0.5) is 30.2 Å². The van der Waals surface area contributed by atoms with Crippen LogP contribution in [0.25, 0.3) is 0 Å². The largest absolute Gasteiger partial charge is 0.418 e. The van der Waals surface area contributed by atoms with E-state index in [0.717, 1.165) is 6.07 Å². The standard InChI is InChI=1S/C10H14F3N3O.2ClH/c1-5(17)4-16-9-7(10(11,12)13)2-6(14)3-8(9)15;;/h2-3,5,16-17H,4,14-15H2,1H3;2*1H. The zero-order valence-corrected chi connectivity index (χ0v) is 11.6. The molecule has 0 fully saturated rings. The van der Waals surface area contributed by atoms with Crippen molar-refractivity contribution in [3.63, 3.8) is 0 Å². The second kappa shape index (κ2) is 7.52. The Hall–Kier alpha value is -1.05. The number of halogens is 5. The summed E-state index contributed by atoms with van der Waals surface area (Å²) in [5, 5.41) is 11.5. The molecule has 0 aliphatic rings. The smallest absolute Gasteiger partial charge is 0.399 e. The second-order valence-electron chi connectivity index (χ2n) is 3.76. The fourth-order valence-electron chi connectivity index (χ4n) is 1.36. The number of nitrogen functional groups attached to an aromatic ring is 2. The van der Waals surface area contributed by atoms with Crippen molar-refractivity contribution in [3.8, 4) is 0 Å². The molecule has 0 spiro atoms. The number of rotatable bonds is 3. The topological polar surface area (TPSA) is 84.3 Å². The first-order valence-electron chi connectivity index (χ1n) is 4.90. The van der Waals surface area contributed by atoms with Crippen molar-refractivity contribution >= 4 is 41.9 Å². The minimum atomic E-state index is -4.55. The molecule has 0 radical (unpaired) electrons. The summed E-state index contributed by atoms with van der Waals surface area (Å²) >= 11 is 0. The highest BCUT2D eigenvalue weighted by atomic mass is 35.5. The molecule has 0 aliphatic carbocycles. The van der Waals surface area contributed by atoms with Crippen molar-refractivity contribution in [3.05, 3.63) is 17.7 Å². The molecule has 4 nitrogen and oxygen atoms in total. The van der Waals surface area contributed by atoms with Gasteiger partial charge in [0.25, 0.3) is 0 Å². The summed E-state index contributed by atoms with van der Waals surface area (Å²) < 4.78 is 38.2. The third-order valence-corrected chi connectivity index (χ3v) is 2.07. The lowest BCUT2D eigenvalue weighted by molar-refractivity contribution is -0.136. The molecule has 1 unspecified atom stereocenters. The quantitative estimate of drug-likeness (QED) is 0.644. The van der Waals surface area contributed by atoms with Crippen molar-refractivity contribution in [2.24, 2.45) is 0 Å². The van der Waals surface area contributed by atoms with Crippen molar-refractivity contribution in [1.29, 1.82) is 0 Å². The molecule has 0 amide bonds. The Morgan fingerprint density at radius 3 is 2.21 bits per heavy atom. The van der Waals surface area contributed by atoms with Gasteiger partial charge in [-0.15, -0.1) is 24.8 Å². The zero-order valence-electron chi connectivity index (χ0n) is 9.99. The second-order valence-corrected chi connectivity index (χ2v) is 3.76. The van der Waals surface area contributed by atoms with Gasteiger partial charge >= 0.3 is 6.18 Å². The Morgan fingerprint density at radius 1 is 1.26 bits per heavy atom. The molecule has 0 saturated heterocycles. The summed E-state index contributed by atoms with van der Waals surface area (Å²) in [6.07, 6.45) is -5.34. The predicted octanol–water partition coefficient (Wildman–Crippen LogP) is 2.51. The number of nitrogens with two attached hydrogens (primary N) is 2. The van der Waals surface area contributed by atoms with E-state index in [1.54, 1.807) is 0 Å². The maximum absolute atomic E-state index is 12.7. The van der Waals surface area contributed by atoms with Crippen molar-refractivity contribution in [2.75, 3.05) is 23.3 Å². The number of aliphatic hydroxyl groups is 1. The summed E-state index contributed by atoms with van der Waals surface area (Å²) in [5.74, 6) is 0. The fourth-order valence-corrected chi connectivity index (χ4v) is 1.36. The van der Waals surface area contributed by atoms with E-state index in [-0.39, 0.29) is 48.4 Å². The molecule has 1 rings (SSSR count). The van der Waals surface area contributed by atoms with Gasteiger partial charge in [-0.05, 0) is 19.1 Å². The minimum absolute atomic E-state index is 0. The summed E-state index contributed by atoms with van der Waals surface area (Å²) in [5.41, 5.74) is 9.46. The van der Waals surface area contributed by atoms with Crippen LogP contribution in [-0.4, -0.2) is 17.8 Å². The molecule has 0 heterocycles. The van der Waals surface area contributed by atoms with Crippen molar-refractivity contribution in [2.45, 2.75) is 19.2 Å². The average Bonchev–Trinajstić information content (AvgIpc) is 2.13. The molecule has 1 atom stereocenters. The highest BCUT2D eigenvalue weighted by Gasteiger charge is 2.34. The van der Waals surface area contributed by atoms with E-state index in [1.165, 1.54) is 13.0 Å². The van der Waals surface area contributed by atoms with Gasteiger partial charge in [-0.1, -0.05) is 0 Å². The number of anilines is 3. The van der Waals surface area contributed by atoms with E-state index >= 15 is 0 Å². The third-order valence-electron chi connectivity index (χ3n) is 2.07. The van der Waals surface area contributed by atoms with Crippen LogP contribution in [0.3, 0.4) is 0 Å². The lowest BCUT2D eigenvalue weighted by Gasteiger charge is -2.18. The molecule has 1 aromatic carbocycles. The summed E-state index contributed by atoms with van der Waals surface area (Å²) in [6.45, 7) is 1.42. The lowest BCUT2D eigenvalue weighted by atomic mass is 10.1. The van der Waals surface area contributed by atoms with E-state index in [1.807, 2.05) is 0 Å². The summed E-state index contributed by atoms with van der Waals surface area (Å²) in [7, 11) is 0. The van der Waals surface area contributed by atoms with Gasteiger partial charge in [0, 0.05) is 12.2 Å². The van der Waals surface area contributed by atoms with E-state index in [0.29, 0.717) is 0 Å². The summed E-state index contributed by atoms with van der Waals surface area (Å²) in [4.78, 5) is 0. The monoisotopic (exact) mass is 321 g/mol. The van der Waals surface area contributed by atoms with Crippen LogP contribution in [0.5, 0.6) is 0 Å². The maximum Gasteiger partial charge on any atom is 0.418 e. The number of hydrogen-bond acceptors (Lipinski definition) is 4. The molecular weight excluding hydrogens is 306 g/mol. The highest BCUT2D eigenvalue weighted by Crippen LogP contribution is 2.39. The number of nitrogens with one attached hydrogen (secondary N) is 1. The molecule has 0 saturated carbocycles. The first kappa shape index (κ1) is 20.3. The van der Waals surface area contributed by atoms with Crippen molar-refractivity contribution in [1.82, 2.24) is 0 Å². The van der Waals surface area contributed by atoms with Gasteiger partial charge in [-0.2, -0.15) is 13.2 Å². The van der Waals surface area contributed by atoms with E-state index in [2.05, 4.69) is 5.32 Å². The Kier molecular flexibility index (Phi) is 8.02. The summed E-state index contributed by atoms with van der Waals surface area (Å²) in [6, 6.07) is 2.04. The number of hydrogen-bond donors (Lipinski definition) is 4. The SMILES string of the molecule is CC(O)CNc1c(N)cc(N)cc1C(F)(F)F.Cl.Cl. The van der Waals surface area contributed by atoms with Gasteiger partial charge in [0.15, 0.2) is 0 Å². The van der Waals surface area contributed by atoms with Gasteiger partial charge in [0.2, 0.25) is 0 Å². The van der Waals surface area contributed by atoms with E-state index < -0.39 is 17.8 Å². The molecular formula is C10H16Cl2F3N3O. The molecule has 9 heteroatoms. The number of alkyl halides is 3. The maximum atomic E-state index is 12.7. The van der Waals surface area contributed by atoms with Crippen LogP contribution >= 0.6 is 24.8 Å². The van der Waals surface area contributed by atoms with Crippen LogP contribution in [-0.2, 0) is 6.18 Å². The molecule has 1 aromatic rings. The van der Waals surface area contributed by atoms with Crippen molar-refractivity contribution < 1.29 is 18.3 Å². The fraction of sp³-hybridized carbons (Fsp3) is 0.400. The van der Waals surface area contributed by atoms with Crippen LogP contribution in [0.1, 0.15) is 12.5 Å². The molecule has 6 N–H and O–H groups in total. The first-order valence-corrected chi connectivity index (χ1v) is 4.90. The van der Waals surface area contributed by atoms with Crippen LogP contribution in [0.2, 0.25) is 0 Å². The molecule has 0 aliphatic heterocycles. The predicted molar refractivity (Wildman–Crippen MR) is 74.9 cm³/mol. The van der Waals surface area contributed by atoms with Crippen LogP contribution in [0.15, 0.2) is 12.1 Å². The van der Waals surface area contributed by atoms with E-state index in [9.17, 15) is 13.2 Å². The number of benzene rings is 1. The Labute approximate surface area is 121 Å². The average molecular weight is 322 g/mol. The van der Waals surface area contributed by atoms with Crippen LogP contribution in [0, 0.1) is 0 Å². The molecule has 0 bridgehead atoms. The van der Waals surface area contributed by atoms with Crippen LogP contribution < -0.4 is 16.8 Å². The van der Waals surface area contributed by atoms with Gasteiger partial charge in [-0.3, -0.25) is 0 Å². The zero-order chi connectivity index (χ0) is 13.2. The number of aliphatic hydroxyl groups excluding tert-OH is 1. The third kappa shape index (κ3) is 5.63. The minimum Gasteiger partial charge on any atom is -0.399 e. The van der Waals surface area contributed by atoms with E-state index in [4.69, 9.17) is 16.6 Å². The highest BCUT2D eigenvalue weighted by molar-refractivity contribution is 5.85. The molecule has 19 heavy (non-hydrogen) atoms.